The van der Waals surface area contributed by atoms with Gasteiger partial charge in [0.2, 0.25) is 0 Å². The van der Waals surface area contributed by atoms with E-state index in [0.29, 0.717) is 48.3 Å². The summed E-state index contributed by atoms with van der Waals surface area (Å²) in [4.78, 5) is 39.9. The maximum atomic E-state index is 13.1. The number of methoxy groups -OCH3 is 2. The fourth-order valence-electron chi connectivity index (χ4n) is 4.69. The first-order chi connectivity index (χ1) is 16.0. The Kier molecular flexibility index (Phi) is 5.24. The topological polar surface area (TPSA) is 102 Å². The minimum atomic E-state index is -0.357. The molecule has 3 heterocycles. The van der Waals surface area contributed by atoms with Crippen LogP contribution in [0.3, 0.4) is 0 Å². The van der Waals surface area contributed by atoms with E-state index in [9.17, 15) is 9.59 Å². The van der Waals surface area contributed by atoms with Crippen molar-refractivity contribution in [3.05, 3.63) is 63.1 Å². The fourth-order valence-corrected chi connectivity index (χ4v) is 4.69. The lowest BCUT2D eigenvalue weighted by atomic mass is 10.0. The van der Waals surface area contributed by atoms with Crippen LogP contribution in [0.5, 0.6) is 11.5 Å². The highest BCUT2D eigenvalue weighted by molar-refractivity contribution is 5.92. The van der Waals surface area contributed by atoms with E-state index >= 15 is 0 Å². The van der Waals surface area contributed by atoms with Crippen LogP contribution in [0.15, 0.2) is 46.2 Å². The molecule has 0 aliphatic carbocycles. The molecule has 0 amide bonds. The van der Waals surface area contributed by atoms with Crippen molar-refractivity contribution in [1.29, 1.82) is 0 Å². The Hall–Kier alpha value is -3.88. The molecule has 33 heavy (non-hydrogen) atoms. The number of hydrogen-bond acceptors (Lipinski definition) is 7. The van der Waals surface area contributed by atoms with Gasteiger partial charge in [0.15, 0.2) is 11.5 Å². The summed E-state index contributed by atoms with van der Waals surface area (Å²) in [5.74, 6) is 2.02. The molecular weight excluding hydrogens is 422 g/mol. The highest BCUT2D eigenvalue weighted by Gasteiger charge is 2.26. The third kappa shape index (κ3) is 3.49. The molecule has 0 bridgehead atoms. The quantitative estimate of drug-likeness (QED) is 0.513. The van der Waals surface area contributed by atoms with Crippen molar-refractivity contribution in [1.82, 2.24) is 19.5 Å². The first-order valence-electron chi connectivity index (χ1n) is 10.9. The molecule has 0 spiro atoms. The number of anilines is 1. The predicted molar refractivity (Wildman–Crippen MR) is 127 cm³/mol. The van der Waals surface area contributed by atoms with E-state index < -0.39 is 0 Å². The number of nitrogens with zero attached hydrogens (tertiary/aromatic N) is 4. The van der Waals surface area contributed by atoms with Gasteiger partial charge < -0.3 is 19.4 Å². The first-order valence-corrected chi connectivity index (χ1v) is 10.9. The van der Waals surface area contributed by atoms with E-state index in [1.54, 1.807) is 20.3 Å². The molecule has 2 aromatic carbocycles. The summed E-state index contributed by atoms with van der Waals surface area (Å²) in [5, 5.41) is 1.41. The number of aryl methyl sites for hydroxylation is 1. The van der Waals surface area contributed by atoms with Crippen LogP contribution in [0.2, 0.25) is 0 Å². The van der Waals surface area contributed by atoms with Crippen molar-refractivity contribution in [2.24, 2.45) is 0 Å². The maximum absolute atomic E-state index is 13.1. The second-order valence-corrected chi connectivity index (χ2v) is 8.24. The molecule has 9 nitrogen and oxygen atoms in total. The maximum Gasteiger partial charge on any atom is 0.329 e. The largest absolute Gasteiger partial charge is 0.493 e. The number of nitrogens with one attached hydrogen (secondary N) is 1. The molecule has 1 saturated heterocycles. The van der Waals surface area contributed by atoms with E-state index in [1.807, 2.05) is 31.2 Å². The highest BCUT2D eigenvalue weighted by Crippen LogP contribution is 2.36. The van der Waals surface area contributed by atoms with E-state index in [1.165, 1.54) is 10.9 Å². The molecule has 4 aromatic rings. The Balaban J connectivity index is 1.46. The summed E-state index contributed by atoms with van der Waals surface area (Å²) in [7, 11) is 3.19. The van der Waals surface area contributed by atoms with Gasteiger partial charge in [0.1, 0.15) is 12.1 Å². The van der Waals surface area contributed by atoms with Crippen molar-refractivity contribution >= 4 is 27.6 Å². The summed E-state index contributed by atoms with van der Waals surface area (Å²) < 4.78 is 12.2. The Morgan fingerprint density at radius 2 is 1.73 bits per heavy atom. The van der Waals surface area contributed by atoms with Crippen LogP contribution in [-0.4, -0.2) is 46.8 Å². The second kappa shape index (κ2) is 8.23. The van der Waals surface area contributed by atoms with Gasteiger partial charge >= 0.3 is 5.69 Å². The molecular formula is C24H25N5O4. The Morgan fingerprint density at radius 3 is 2.45 bits per heavy atom. The van der Waals surface area contributed by atoms with Crippen molar-refractivity contribution < 1.29 is 9.47 Å². The van der Waals surface area contributed by atoms with Crippen LogP contribution in [0.1, 0.15) is 24.4 Å². The van der Waals surface area contributed by atoms with Gasteiger partial charge in [-0.15, -0.1) is 0 Å². The predicted octanol–water partition coefficient (Wildman–Crippen LogP) is 2.80. The lowest BCUT2D eigenvalue weighted by Gasteiger charge is -2.33. The minimum Gasteiger partial charge on any atom is -0.493 e. The molecule has 9 heteroatoms. The second-order valence-electron chi connectivity index (χ2n) is 8.24. The number of fused-ring (bicyclic) bond motifs is 2. The zero-order valence-corrected chi connectivity index (χ0v) is 18.8. The lowest BCUT2D eigenvalue weighted by Crippen LogP contribution is -2.43. The first kappa shape index (κ1) is 21.0. The third-order valence-corrected chi connectivity index (χ3v) is 6.42. The van der Waals surface area contributed by atoms with Gasteiger partial charge in [-0.1, -0.05) is 12.1 Å². The number of hydrogen-bond donors (Lipinski definition) is 1. The van der Waals surface area contributed by atoms with Crippen LogP contribution in [0, 0.1) is 6.92 Å². The van der Waals surface area contributed by atoms with Crippen molar-refractivity contribution in [3.63, 3.8) is 0 Å². The number of rotatable bonds is 4. The Bertz CT molecular complexity index is 1470. The van der Waals surface area contributed by atoms with Gasteiger partial charge in [-0.25, -0.2) is 14.8 Å². The standard InChI is InChI=1S/C24H25N5O4/c1-14-5-4-6-16-21(14)27-24(31)29(23(16)30)15-7-9-28(10-8-15)22-17-11-19(32-2)20(33-3)12-18(17)25-13-26-22/h4-6,11-13,15H,7-10H2,1-3H3,(H,27,31). The monoisotopic (exact) mass is 447 g/mol. The lowest BCUT2D eigenvalue weighted by molar-refractivity contribution is 0.355. The van der Waals surface area contributed by atoms with E-state index in [2.05, 4.69) is 19.9 Å². The fraction of sp³-hybridized carbons (Fsp3) is 0.333. The molecule has 0 atom stereocenters. The van der Waals surface area contributed by atoms with Gasteiger partial charge in [-0.2, -0.15) is 0 Å². The number of piperidine rings is 1. The van der Waals surface area contributed by atoms with Crippen molar-refractivity contribution in [2.45, 2.75) is 25.8 Å². The number of H-pyrrole nitrogens is 1. The molecule has 0 radical (unpaired) electrons. The molecule has 1 aliphatic rings. The smallest absolute Gasteiger partial charge is 0.329 e. The number of para-hydroxylation sites is 1. The van der Waals surface area contributed by atoms with Crippen LogP contribution >= 0.6 is 0 Å². The molecule has 1 aliphatic heterocycles. The molecule has 1 N–H and O–H groups in total. The number of aromatic amines is 1. The summed E-state index contributed by atoms with van der Waals surface area (Å²) in [6.45, 7) is 3.20. The van der Waals surface area contributed by atoms with Crippen molar-refractivity contribution in [3.8, 4) is 11.5 Å². The molecule has 1 fully saturated rings. The van der Waals surface area contributed by atoms with Crippen LogP contribution in [0.25, 0.3) is 21.8 Å². The van der Waals surface area contributed by atoms with Crippen LogP contribution in [-0.2, 0) is 0 Å². The Labute approximate surface area is 189 Å². The van der Waals surface area contributed by atoms with Crippen molar-refractivity contribution in [2.75, 3.05) is 32.2 Å². The summed E-state index contributed by atoms with van der Waals surface area (Å²) >= 11 is 0. The molecule has 0 saturated carbocycles. The molecule has 170 valence electrons. The van der Waals surface area contributed by atoms with Gasteiger partial charge in [0.05, 0.1) is 30.6 Å². The zero-order chi connectivity index (χ0) is 23.1. The molecule has 0 unspecified atom stereocenters. The summed E-state index contributed by atoms with van der Waals surface area (Å²) in [6, 6.07) is 9.04. The van der Waals surface area contributed by atoms with E-state index in [0.717, 1.165) is 22.3 Å². The average Bonchev–Trinajstić information content (AvgIpc) is 2.84. The normalized spacial score (nSPS) is 14.7. The molecule has 5 rings (SSSR count). The molecule has 2 aromatic heterocycles. The van der Waals surface area contributed by atoms with E-state index in [-0.39, 0.29) is 17.3 Å². The third-order valence-electron chi connectivity index (χ3n) is 6.42. The van der Waals surface area contributed by atoms with Gasteiger partial charge in [-0.05, 0) is 37.5 Å². The minimum absolute atomic E-state index is 0.176. The van der Waals surface area contributed by atoms with Crippen LogP contribution in [0.4, 0.5) is 5.82 Å². The number of benzene rings is 2. The summed E-state index contributed by atoms with van der Waals surface area (Å²) in [5.41, 5.74) is 1.66. The zero-order valence-electron chi connectivity index (χ0n) is 18.8. The number of ether oxygens (including phenoxy) is 2. The SMILES string of the molecule is COc1cc2ncnc(N3CCC(n4c(=O)[nH]c5c(C)cccc5c4=O)CC3)c2cc1OC. The number of aromatic nitrogens is 4. The van der Waals surface area contributed by atoms with E-state index in [4.69, 9.17) is 9.47 Å². The van der Waals surface area contributed by atoms with Gasteiger partial charge in [0.25, 0.3) is 5.56 Å². The summed E-state index contributed by atoms with van der Waals surface area (Å²) in [6.07, 6.45) is 2.84. The average molecular weight is 447 g/mol. The Morgan fingerprint density at radius 1 is 1.00 bits per heavy atom. The van der Waals surface area contributed by atoms with Gasteiger partial charge in [-0.3, -0.25) is 9.36 Å². The highest BCUT2D eigenvalue weighted by atomic mass is 16.5. The van der Waals surface area contributed by atoms with Crippen LogP contribution < -0.4 is 25.6 Å². The van der Waals surface area contributed by atoms with Gasteiger partial charge in [0, 0.05) is 30.6 Å².